The van der Waals surface area contributed by atoms with Crippen LogP contribution in [-0.2, 0) is 4.79 Å². The zero-order valence-corrected chi connectivity index (χ0v) is 15.7. The monoisotopic (exact) mass is 359 g/mol. The van der Waals surface area contributed by atoms with Crippen molar-refractivity contribution < 1.29 is 14.3 Å². The molecular formula is C20H26FN3O2. The normalized spacial score (nSPS) is 12.6. The topological polar surface area (TPSA) is 73.4 Å². The number of benzene rings is 1. The summed E-state index contributed by atoms with van der Waals surface area (Å²) in [6.45, 7) is 7.79. The average Bonchev–Trinajstić information content (AvgIpc) is 2.64. The SMILES string of the molecule is CC.CC#CC1=CNCC(Nc2ccc(C)cc2F)=C1C(=O)NCCO. The first kappa shape index (κ1) is 21.3. The molecule has 1 aromatic carbocycles. The van der Waals surface area contributed by atoms with E-state index in [0.29, 0.717) is 23.4 Å². The van der Waals surface area contributed by atoms with Gasteiger partial charge in [-0.1, -0.05) is 25.8 Å². The van der Waals surface area contributed by atoms with Gasteiger partial charge in [-0.05, 0) is 31.5 Å². The Labute approximate surface area is 154 Å². The highest BCUT2D eigenvalue weighted by Crippen LogP contribution is 2.23. The first-order valence-electron chi connectivity index (χ1n) is 8.59. The van der Waals surface area contributed by atoms with Crippen molar-refractivity contribution >= 4 is 11.6 Å². The van der Waals surface area contributed by atoms with E-state index in [2.05, 4.69) is 27.8 Å². The summed E-state index contributed by atoms with van der Waals surface area (Å²) in [5, 5.41) is 17.5. The van der Waals surface area contributed by atoms with Gasteiger partial charge in [0.2, 0.25) is 0 Å². The molecule has 1 aromatic rings. The summed E-state index contributed by atoms with van der Waals surface area (Å²) in [5.74, 6) is 4.86. The van der Waals surface area contributed by atoms with Gasteiger partial charge in [-0.2, -0.15) is 0 Å². The number of dihydropyridines is 1. The second-order valence-electron chi connectivity index (χ2n) is 5.26. The predicted octanol–water partition coefficient (Wildman–Crippen LogP) is 2.45. The number of nitrogens with one attached hydrogen (secondary N) is 3. The number of carbonyl (C=O) groups is 1. The number of aliphatic hydroxyl groups excluding tert-OH is 1. The van der Waals surface area contributed by atoms with Crippen LogP contribution in [0.25, 0.3) is 0 Å². The summed E-state index contributed by atoms with van der Waals surface area (Å²) in [6, 6.07) is 4.84. The Morgan fingerprint density at radius 2 is 2.12 bits per heavy atom. The van der Waals surface area contributed by atoms with Crippen molar-refractivity contribution in [3.8, 4) is 11.8 Å². The lowest BCUT2D eigenvalue weighted by atomic mass is 10.0. The molecule has 0 spiro atoms. The van der Waals surface area contributed by atoms with E-state index in [1.807, 2.05) is 13.8 Å². The van der Waals surface area contributed by atoms with Crippen molar-refractivity contribution in [2.24, 2.45) is 0 Å². The summed E-state index contributed by atoms with van der Waals surface area (Å²) < 4.78 is 14.1. The largest absolute Gasteiger partial charge is 0.395 e. The number of carbonyl (C=O) groups excluding carboxylic acids is 1. The third-order valence-corrected chi connectivity index (χ3v) is 3.39. The number of hydrogen-bond donors (Lipinski definition) is 4. The molecule has 0 unspecified atom stereocenters. The number of anilines is 1. The minimum Gasteiger partial charge on any atom is -0.395 e. The van der Waals surface area contributed by atoms with Crippen LogP contribution in [0.2, 0.25) is 0 Å². The maximum Gasteiger partial charge on any atom is 0.254 e. The van der Waals surface area contributed by atoms with Crippen LogP contribution < -0.4 is 16.0 Å². The zero-order chi connectivity index (χ0) is 19.5. The highest BCUT2D eigenvalue weighted by molar-refractivity contribution is 6.00. The van der Waals surface area contributed by atoms with Gasteiger partial charge in [0, 0.05) is 18.4 Å². The fourth-order valence-electron chi connectivity index (χ4n) is 2.32. The second-order valence-corrected chi connectivity index (χ2v) is 5.26. The second kappa shape index (κ2) is 11.0. The van der Waals surface area contributed by atoms with Crippen molar-refractivity contribution in [3.05, 3.63) is 52.6 Å². The Morgan fingerprint density at radius 3 is 2.73 bits per heavy atom. The summed E-state index contributed by atoms with van der Waals surface area (Å²) in [4.78, 5) is 12.4. The van der Waals surface area contributed by atoms with E-state index < -0.39 is 5.82 Å². The molecular weight excluding hydrogens is 333 g/mol. The molecule has 140 valence electrons. The predicted molar refractivity (Wildman–Crippen MR) is 103 cm³/mol. The molecule has 1 heterocycles. The molecule has 0 atom stereocenters. The van der Waals surface area contributed by atoms with Gasteiger partial charge in [-0.3, -0.25) is 4.79 Å². The lowest BCUT2D eigenvalue weighted by molar-refractivity contribution is -0.117. The van der Waals surface area contributed by atoms with E-state index in [1.165, 1.54) is 6.07 Å². The summed E-state index contributed by atoms with van der Waals surface area (Å²) in [6.07, 6.45) is 1.65. The van der Waals surface area contributed by atoms with Gasteiger partial charge < -0.3 is 21.1 Å². The molecule has 4 N–H and O–H groups in total. The standard InChI is InChI=1S/C18H20FN3O2.C2H6/c1-3-4-13-10-20-11-16(17(13)18(24)21-7-8-23)22-15-6-5-12(2)9-14(15)19;1-2/h5-6,9-10,20,22-23H,7-8,11H2,1-2H3,(H,21,24);1-2H3. The lowest BCUT2D eigenvalue weighted by Gasteiger charge is -2.21. The molecule has 0 saturated carbocycles. The molecule has 0 fully saturated rings. The number of rotatable bonds is 5. The van der Waals surface area contributed by atoms with Crippen LogP contribution in [0.4, 0.5) is 10.1 Å². The van der Waals surface area contributed by atoms with Gasteiger partial charge in [0.15, 0.2) is 0 Å². The van der Waals surface area contributed by atoms with Crippen LogP contribution in [0, 0.1) is 24.6 Å². The van der Waals surface area contributed by atoms with Crippen LogP contribution in [0.3, 0.4) is 0 Å². The van der Waals surface area contributed by atoms with E-state index >= 15 is 0 Å². The lowest BCUT2D eigenvalue weighted by Crippen LogP contribution is -2.34. The average molecular weight is 359 g/mol. The van der Waals surface area contributed by atoms with E-state index in [1.54, 1.807) is 32.2 Å². The Morgan fingerprint density at radius 1 is 1.38 bits per heavy atom. The molecule has 6 heteroatoms. The van der Waals surface area contributed by atoms with Crippen LogP contribution in [0.1, 0.15) is 26.3 Å². The first-order chi connectivity index (χ1) is 12.6. The van der Waals surface area contributed by atoms with Crippen molar-refractivity contribution in [3.63, 3.8) is 0 Å². The van der Waals surface area contributed by atoms with Gasteiger partial charge in [0.05, 0.1) is 30.0 Å². The van der Waals surface area contributed by atoms with Crippen LogP contribution >= 0.6 is 0 Å². The van der Waals surface area contributed by atoms with Gasteiger partial charge in [-0.25, -0.2) is 4.39 Å². The Balaban J connectivity index is 0.00000163. The minimum absolute atomic E-state index is 0.134. The van der Waals surface area contributed by atoms with Gasteiger partial charge in [0.1, 0.15) is 5.82 Å². The third kappa shape index (κ3) is 5.64. The molecule has 0 saturated heterocycles. The van der Waals surface area contributed by atoms with E-state index in [9.17, 15) is 9.18 Å². The molecule has 26 heavy (non-hydrogen) atoms. The quantitative estimate of drug-likeness (QED) is 0.610. The van der Waals surface area contributed by atoms with Gasteiger partial charge in [0.25, 0.3) is 5.91 Å². The van der Waals surface area contributed by atoms with Crippen molar-refractivity contribution in [2.45, 2.75) is 27.7 Å². The van der Waals surface area contributed by atoms with Crippen LogP contribution in [-0.4, -0.2) is 30.7 Å². The van der Waals surface area contributed by atoms with Crippen LogP contribution in [0.15, 0.2) is 41.2 Å². The van der Waals surface area contributed by atoms with E-state index in [0.717, 1.165) is 5.56 Å². The number of amides is 1. The maximum absolute atomic E-state index is 14.1. The highest BCUT2D eigenvalue weighted by Gasteiger charge is 2.22. The third-order valence-electron chi connectivity index (χ3n) is 3.39. The fourth-order valence-corrected chi connectivity index (χ4v) is 2.32. The molecule has 1 aliphatic heterocycles. The molecule has 2 rings (SSSR count). The van der Waals surface area contributed by atoms with Gasteiger partial charge in [-0.15, -0.1) is 5.92 Å². The van der Waals surface area contributed by atoms with Crippen molar-refractivity contribution in [1.82, 2.24) is 10.6 Å². The maximum atomic E-state index is 14.1. The summed E-state index contributed by atoms with van der Waals surface area (Å²) in [7, 11) is 0. The fraction of sp³-hybridized carbons (Fsp3) is 0.350. The van der Waals surface area contributed by atoms with Gasteiger partial charge >= 0.3 is 0 Å². The molecule has 1 aliphatic rings. The summed E-state index contributed by atoms with van der Waals surface area (Å²) >= 11 is 0. The number of halogens is 1. The van der Waals surface area contributed by atoms with E-state index in [-0.39, 0.29) is 24.7 Å². The van der Waals surface area contributed by atoms with E-state index in [4.69, 9.17) is 5.11 Å². The van der Waals surface area contributed by atoms with Crippen molar-refractivity contribution in [1.29, 1.82) is 0 Å². The molecule has 1 amide bonds. The Hall–Kier alpha value is -2.78. The smallest absolute Gasteiger partial charge is 0.254 e. The molecule has 0 aromatic heterocycles. The zero-order valence-electron chi connectivity index (χ0n) is 15.7. The number of hydrogen-bond acceptors (Lipinski definition) is 4. The molecule has 5 nitrogen and oxygen atoms in total. The number of aryl methyl sites for hydroxylation is 1. The highest BCUT2D eigenvalue weighted by atomic mass is 19.1. The van der Waals surface area contributed by atoms with Crippen LogP contribution in [0.5, 0.6) is 0 Å². The molecule has 0 bridgehead atoms. The molecule has 0 radical (unpaired) electrons. The molecule has 0 aliphatic carbocycles. The first-order valence-corrected chi connectivity index (χ1v) is 8.59. The van der Waals surface area contributed by atoms with Crippen molar-refractivity contribution in [2.75, 3.05) is 25.0 Å². The Kier molecular flexibility index (Phi) is 8.96. The number of aliphatic hydroxyl groups is 1. The minimum atomic E-state index is -0.393. The summed E-state index contributed by atoms with van der Waals surface area (Å²) in [5.41, 5.74) is 2.47. The Bertz CT molecular complexity index is 758.